The van der Waals surface area contributed by atoms with Crippen LogP contribution in [-0.4, -0.2) is 49.4 Å². The lowest BCUT2D eigenvalue weighted by atomic mass is 9.99. The van der Waals surface area contributed by atoms with Crippen molar-refractivity contribution < 1.29 is 19.1 Å². The second-order valence-corrected chi connectivity index (χ2v) is 7.38. The van der Waals surface area contributed by atoms with Gasteiger partial charge in [0.1, 0.15) is 0 Å². The minimum absolute atomic E-state index is 0.153. The Morgan fingerprint density at radius 3 is 2.21 bits per heavy atom. The second kappa shape index (κ2) is 9.37. The fourth-order valence-corrected chi connectivity index (χ4v) is 3.35. The number of amides is 2. The van der Waals surface area contributed by atoms with E-state index >= 15 is 0 Å². The number of para-hydroxylation sites is 1. The van der Waals surface area contributed by atoms with Crippen LogP contribution in [0.15, 0.2) is 54.6 Å². The molecule has 2 aromatic carbocycles. The van der Waals surface area contributed by atoms with Crippen LogP contribution in [0, 0.1) is 5.92 Å². The van der Waals surface area contributed by atoms with Crippen molar-refractivity contribution >= 4 is 23.5 Å². The van der Waals surface area contributed by atoms with Crippen LogP contribution in [0.4, 0.5) is 5.69 Å². The van der Waals surface area contributed by atoms with Crippen LogP contribution in [0.1, 0.15) is 40.5 Å². The number of esters is 1. The summed E-state index contributed by atoms with van der Waals surface area (Å²) in [5.41, 5.74) is 1.11. The van der Waals surface area contributed by atoms with E-state index in [2.05, 4.69) is 6.92 Å². The van der Waals surface area contributed by atoms with Crippen molar-refractivity contribution in [2.75, 3.05) is 31.6 Å². The van der Waals surface area contributed by atoms with Crippen molar-refractivity contribution in [2.45, 2.75) is 19.8 Å². The SMILES string of the molecule is CC1CCN(C(=O)COC(=O)c2ccccc2C(=O)N(C)c2ccccc2)CC1. The van der Waals surface area contributed by atoms with Crippen LogP contribution >= 0.6 is 0 Å². The van der Waals surface area contributed by atoms with E-state index in [4.69, 9.17) is 4.74 Å². The molecule has 0 spiro atoms. The summed E-state index contributed by atoms with van der Waals surface area (Å²) < 4.78 is 5.25. The highest BCUT2D eigenvalue weighted by atomic mass is 16.5. The molecule has 0 unspecified atom stereocenters. The molecule has 2 amide bonds. The van der Waals surface area contributed by atoms with E-state index in [0.29, 0.717) is 19.0 Å². The Hall–Kier alpha value is -3.15. The number of nitrogens with zero attached hydrogens (tertiary/aromatic N) is 2. The Kier molecular flexibility index (Phi) is 6.65. The molecule has 1 heterocycles. The molecule has 0 saturated carbocycles. The average molecular weight is 394 g/mol. The Balaban J connectivity index is 1.67. The number of benzene rings is 2. The molecule has 3 rings (SSSR count). The number of rotatable bonds is 5. The standard InChI is InChI=1S/C23H26N2O4/c1-17-12-14-25(15-13-17)21(26)16-29-23(28)20-11-7-6-10-19(20)22(27)24(2)18-8-4-3-5-9-18/h3-11,17H,12-16H2,1-2H3. The quantitative estimate of drug-likeness (QED) is 0.729. The molecule has 152 valence electrons. The first kappa shape index (κ1) is 20.6. The average Bonchev–Trinajstić information content (AvgIpc) is 2.77. The molecular formula is C23H26N2O4. The van der Waals surface area contributed by atoms with E-state index in [9.17, 15) is 14.4 Å². The molecule has 6 heteroatoms. The number of carbonyl (C=O) groups excluding carboxylic acids is 3. The summed E-state index contributed by atoms with van der Waals surface area (Å²) in [7, 11) is 1.65. The molecule has 1 aliphatic heterocycles. The van der Waals surface area contributed by atoms with Crippen LogP contribution in [0.2, 0.25) is 0 Å². The topological polar surface area (TPSA) is 66.9 Å². The molecule has 29 heavy (non-hydrogen) atoms. The third-order valence-electron chi connectivity index (χ3n) is 5.29. The minimum atomic E-state index is -0.672. The lowest BCUT2D eigenvalue weighted by molar-refractivity contribution is -0.135. The van der Waals surface area contributed by atoms with Gasteiger partial charge in [-0.2, -0.15) is 0 Å². The highest BCUT2D eigenvalue weighted by Gasteiger charge is 2.24. The summed E-state index contributed by atoms with van der Waals surface area (Å²) in [5.74, 6) is -0.578. The van der Waals surface area contributed by atoms with Crippen molar-refractivity contribution in [3.05, 3.63) is 65.7 Å². The molecule has 0 N–H and O–H groups in total. The van der Waals surface area contributed by atoms with E-state index in [1.165, 1.54) is 4.90 Å². The first-order chi connectivity index (χ1) is 14.0. The Morgan fingerprint density at radius 1 is 0.966 bits per heavy atom. The fraction of sp³-hybridized carbons (Fsp3) is 0.348. The van der Waals surface area contributed by atoms with Gasteiger partial charge >= 0.3 is 5.97 Å². The molecule has 6 nitrogen and oxygen atoms in total. The zero-order valence-corrected chi connectivity index (χ0v) is 16.8. The van der Waals surface area contributed by atoms with Gasteiger partial charge in [-0.3, -0.25) is 9.59 Å². The monoisotopic (exact) mass is 394 g/mol. The van der Waals surface area contributed by atoms with Crippen molar-refractivity contribution in [3.63, 3.8) is 0 Å². The number of piperidine rings is 1. The third kappa shape index (κ3) is 5.02. The maximum atomic E-state index is 12.9. The molecular weight excluding hydrogens is 368 g/mol. The molecule has 2 aromatic rings. The fourth-order valence-electron chi connectivity index (χ4n) is 3.35. The molecule has 0 atom stereocenters. The summed E-state index contributed by atoms with van der Waals surface area (Å²) in [4.78, 5) is 41.1. The summed E-state index contributed by atoms with van der Waals surface area (Å²) in [6, 6.07) is 15.7. The number of hydrogen-bond acceptors (Lipinski definition) is 4. The molecule has 0 bridgehead atoms. The Morgan fingerprint density at radius 2 is 1.55 bits per heavy atom. The van der Waals surface area contributed by atoms with Gasteiger partial charge in [0.25, 0.3) is 11.8 Å². The predicted octanol–water partition coefficient (Wildman–Crippen LogP) is 3.38. The zero-order valence-electron chi connectivity index (χ0n) is 16.8. The molecule has 1 aliphatic rings. The van der Waals surface area contributed by atoms with E-state index < -0.39 is 5.97 Å². The molecule has 0 radical (unpaired) electrons. The highest BCUT2D eigenvalue weighted by Crippen LogP contribution is 2.19. The van der Waals surface area contributed by atoms with Crippen molar-refractivity contribution in [1.82, 2.24) is 4.90 Å². The lowest BCUT2D eigenvalue weighted by Crippen LogP contribution is -2.40. The Labute approximate surface area is 171 Å². The number of hydrogen-bond donors (Lipinski definition) is 0. The van der Waals surface area contributed by atoms with Gasteiger partial charge in [0, 0.05) is 25.8 Å². The van der Waals surface area contributed by atoms with Gasteiger partial charge < -0.3 is 14.5 Å². The molecule has 0 aliphatic carbocycles. The van der Waals surface area contributed by atoms with Gasteiger partial charge in [-0.25, -0.2) is 4.79 Å². The summed E-state index contributed by atoms with van der Waals surface area (Å²) in [6.07, 6.45) is 1.92. The van der Waals surface area contributed by atoms with Gasteiger partial charge in [-0.1, -0.05) is 37.3 Å². The number of likely N-dealkylation sites (tertiary alicyclic amines) is 1. The second-order valence-electron chi connectivity index (χ2n) is 7.38. The van der Waals surface area contributed by atoms with Gasteiger partial charge in [0.2, 0.25) is 0 Å². The normalized spacial score (nSPS) is 14.3. The molecule has 0 aromatic heterocycles. The van der Waals surface area contributed by atoms with E-state index in [1.807, 2.05) is 30.3 Å². The summed E-state index contributed by atoms with van der Waals surface area (Å²) >= 11 is 0. The lowest BCUT2D eigenvalue weighted by Gasteiger charge is -2.30. The van der Waals surface area contributed by atoms with Crippen molar-refractivity contribution in [2.24, 2.45) is 5.92 Å². The minimum Gasteiger partial charge on any atom is -0.452 e. The molecule has 1 saturated heterocycles. The van der Waals surface area contributed by atoms with Crippen molar-refractivity contribution in [1.29, 1.82) is 0 Å². The first-order valence-electron chi connectivity index (χ1n) is 9.84. The third-order valence-corrected chi connectivity index (χ3v) is 5.29. The van der Waals surface area contributed by atoms with Crippen LogP contribution in [0.5, 0.6) is 0 Å². The number of ether oxygens (including phenoxy) is 1. The van der Waals surface area contributed by atoms with Gasteiger partial charge in [-0.05, 0) is 43.0 Å². The van der Waals surface area contributed by atoms with Crippen LogP contribution in [0.3, 0.4) is 0 Å². The largest absolute Gasteiger partial charge is 0.452 e. The van der Waals surface area contributed by atoms with Gasteiger partial charge in [0.15, 0.2) is 6.61 Å². The first-order valence-corrected chi connectivity index (χ1v) is 9.84. The Bertz CT molecular complexity index is 873. The van der Waals surface area contributed by atoms with Crippen LogP contribution < -0.4 is 4.90 Å². The maximum absolute atomic E-state index is 12.9. The number of carbonyl (C=O) groups is 3. The molecule has 1 fully saturated rings. The number of anilines is 1. The zero-order chi connectivity index (χ0) is 20.8. The smallest absolute Gasteiger partial charge is 0.339 e. The van der Waals surface area contributed by atoms with E-state index in [-0.39, 0.29) is 29.5 Å². The van der Waals surface area contributed by atoms with Gasteiger partial charge in [-0.15, -0.1) is 0 Å². The van der Waals surface area contributed by atoms with Crippen LogP contribution in [-0.2, 0) is 9.53 Å². The highest BCUT2D eigenvalue weighted by molar-refractivity contribution is 6.12. The van der Waals surface area contributed by atoms with E-state index in [1.54, 1.807) is 36.2 Å². The van der Waals surface area contributed by atoms with Crippen molar-refractivity contribution in [3.8, 4) is 0 Å². The predicted molar refractivity (Wildman–Crippen MR) is 111 cm³/mol. The van der Waals surface area contributed by atoms with Gasteiger partial charge in [0.05, 0.1) is 11.1 Å². The summed E-state index contributed by atoms with van der Waals surface area (Å²) in [5, 5.41) is 0. The van der Waals surface area contributed by atoms with E-state index in [0.717, 1.165) is 18.5 Å². The van der Waals surface area contributed by atoms with Crippen LogP contribution in [0.25, 0.3) is 0 Å². The maximum Gasteiger partial charge on any atom is 0.339 e. The summed E-state index contributed by atoms with van der Waals surface area (Å²) in [6.45, 7) is 3.23.